The molecule has 1 N–H and O–H groups in total. The molecule has 0 aromatic heterocycles. The van der Waals surface area contributed by atoms with Crippen LogP contribution in [-0.4, -0.2) is 50.3 Å². The van der Waals surface area contributed by atoms with Crippen molar-refractivity contribution in [1.82, 2.24) is 10.2 Å². The SMILES string of the molecule is CCC1(C)CC(N(C)CCNC)CCO1. The molecule has 1 fully saturated rings. The number of likely N-dealkylation sites (N-methyl/N-ethyl adjacent to an activating group) is 2. The van der Waals surface area contributed by atoms with Gasteiger partial charge >= 0.3 is 0 Å². The van der Waals surface area contributed by atoms with Gasteiger partial charge in [-0.1, -0.05) is 6.92 Å². The van der Waals surface area contributed by atoms with Crippen molar-refractivity contribution in [3.8, 4) is 0 Å². The van der Waals surface area contributed by atoms with Gasteiger partial charge in [0.2, 0.25) is 0 Å². The minimum absolute atomic E-state index is 0.108. The van der Waals surface area contributed by atoms with Crippen LogP contribution in [0.4, 0.5) is 0 Å². The van der Waals surface area contributed by atoms with E-state index >= 15 is 0 Å². The predicted octanol–water partition coefficient (Wildman–Crippen LogP) is 1.49. The molecule has 0 radical (unpaired) electrons. The summed E-state index contributed by atoms with van der Waals surface area (Å²) in [5.74, 6) is 0. The lowest BCUT2D eigenvalue weighted by molar-refractivity contribution is -0.0933. The standard InChI is InChI=1S/C12H26N2O/c1-5-12(2)10-11(6-9-15-12)14(4)8-7-13-3/h11,13H,5-10H2,1-4H3. The van der Waals surface area contributed by atoms with E-state index in [2.05, 4.69) is 31.1 Å². The molecule has 3 heteroatoms. The molecule has 3 nitrogen and oxygen atoms in total. The van der Waals surface area contributed by atoms with Crippen molar-refractivity contribution in [2.75, 3.05) is 33.8 Å². The number of nitrogens with one attached hydrogen (secondary N) is 1. The average Bonchev–Trinajstić information content (AvgIpc) is 2.26. The summed E-state index contributed by atoms with van der Waals surface area (Å²) >= 11 is 0. The molecule has 0 amide bonds. The van der Waals surface area contributed by atoms with E-state index < -0.39 is 0 Å². The normalized spacial score (nSPS) is 32.2. The van der Waals surface area contributed by atoms with Crippen LogP contribution in [0, 0.1) is 0 Å². The molecule has 1 saturated heterocycles. The summed E-state index contributed by atoms with van der Waals surface area (Å²) in [4.78, 5) is 2.47. The highest BCUT2D eigenvalue weighted by Crippen LogP contribution is 2.29. The number of hydrogen-bond acceptors (Lipinski definition) is 3. The summed E-state index contributed by atoms with van der Waals surface area (Å²) in [6.45, 7) is 7.57. The van der Waals surface area contributed by atoms with Gasteiger partial charge in [-0.15, -0.1) is 0 Å². The monoisotopic (exact) mass is 214 g/mol. The Hall–Kier alpha value is -0.120. The first-order valence-electron chi connectivity index (χ1n) is 6.10. The van der Waals surface area contributed by atoms with Crippen LogP contribution in [0.2, 0.25) is 0 Å². The van der Waals surface area contributed by atoms with E-state index in [-0.39, 0.29) is 5.60 Å². The van der Waals surface area contributed by atoms with Gasteiger partial charge in [0.1, 0.15) is 0 Å². The van der Waals surface area contributed by atoms with Crippen LogP contribution in [0.25, 0.3) is 0 Å². The highest BCUT2D eigenvalue weighted by molar-refractivity contribution is 4.86. The molecular weight excluding hydrogens is 188 g/mol. The van der Waals surface area contributed by atoms with Crippen molar-refractivity contribution >= 4 is 0 Å². The summed E-state index contributed by atoms with van der Waals surface area (Å²) in [6, 6.07) is 0.692. The van der Waals surface area contributed by atoms with Gasteiger partial charge in [-0.2, -0.15) is 0 Å². The molecule has 0 spiro atoms. The summed E-state index contributed by atoms with van der Waals surface area (Å²) in [5.41, 5.74) is 0.108. The molecule has 1 aliphatic rings. The van der Waals surface area contributed by atoms with Crippen molar-refractivity contribution < 1.29 is 4.74 Å². The topological polar surface area (TPSA) is 24.5 Å². The van der Waals surface area contributed by atoms with E-state index in [1.807, 2.05) is 7.05 Å². The fourth-order valence-corrected chi connectivity index (χ4v) is 2.19. The first-order valence-corrected chi connectivity index (χ1v) is 6.10. The second-order valence-corrected chi connectivity index (χ2v) is 4.88. The molecule has 0 aromatic carbocycles. The molecule has 1 aliphatic heterocycles. The van der Waals surface area contributed by atoms with Gasteiger partial charge < -0.3 is 15.0 Å². The lowest BCUT2D eigenvalue weighted by atomic mass is 9.89. The second-order valence-electron chi connectivity index (χ2n) is 4.88. The quantitative estimate of drug-likeness (QED) is 0.750. The molecule has 90 valence electrons. The Bertz CT molecular complexity index is 186. The zero-order valence-corrected chi connectivity index (χ0v) is 10.7. The van der Waals surface area contributed by atoms with Crippen molar-refractivity contribution in [1.29, 1.82) is 0 Å². The third-order valence-corrected chi connectivity index (χ3v) is 3.65. The fourth-order valence-electron chi connectivity index (χ4n) is 2.19. The van der Waals surface area contributed by atoms with Gasteiger partial charge in [-0.3, -0.25) is 0 Å². The lowest BCUT2D eigenvalue weighted by Crippen LogP contribution is -2.47. The maximum absolute atomic E-state index is 5.86. The summed E-state index contributed by atoms with van der Waals surface area (Å²) in [7, 11) is 4.23. The van der Waals surface area contributed by atoms with Crippen molar-refractivity contribution in [3.05, 3.63) is 0 Å². The predicted molar refractivity (Wildman–Crippen MR) is 64.2 cm³/mol. The van der Waals surface area contributed by atoms with Crippen molar-refractivity contribution in [2.24, 2.45) is 0 Å². The zero-order chi connectivity index (χ0) is 11.3. The maximum Gasteiger partial charge on any atom is 0.0666 e. The molecule has 0 aromatic rings. The van der Waals surface area contributed by atoms with Crippen LogP contribution in [0.3, 0.4) is 0 Å². The highest BCUT2D eigenvalue weighted by atomic mass is 16.5. The van der Waals surface area contributed by atoms with E-state index in [9.17, 15) is 0 Å². The fraction of sp³-hybridized carbons (Fsp3) is 1.00. The molecular formula is C12H26N2O. The maximum atomic E-state index is 5.86. The molecule has 0 saturated carbocycles. The van der Waals surface area contributed by atoms with Gasteiger partial charge in [0.15, 0.2) is 0 Å². The molecule has 1 rings (SSSR count). The first-order chi connectivity index (χ1) is 7.11. The molecule has 2 atom stereocenters. The van der Waals surface area contributed by atoms with Crippen molar-refractivity contribution in [3.63, 3.8) is 0 Å². The van der Waals surface area contributed by atoms with Crippen LogP contribution in [0.1, 0.15) is 33.1 Å². The average molecular weight is 214 g/mol. The number of rotatable bonds is 5. The molecule has 0 bridgehead atoms. The van der Waals surface area contributed by atoms with Gasteiger partial charge in [0, 0.05) is 25.7 Å². The third kappa shape index (κ3) is 3.74. The van der Waals surface area contributed by atoms with Crippen molar-refractivity contribution in [2.45, 2.75) is 44.8 Å². The number of nitrogens with zero attached hydrogens (tertiary/aromatic N) is 1. The highest BCUT2D eigenvalue weighted by Gasteiger charge is 2.33. The van der Waals surface area contributed by atoms with Gasteiger partial charge in [0.05, 0.1) is 5.60 Å². The van der Waals surface area contributed by atoms with E-state index in [0.717, 1.165) is 26.1 Å². The first kappa shape index (κ1) is 12.9. The van der Waals surface area contributed by atoms with E-state index in [4.69, 9.17) is 4.74 Å². The molecule has 15 heavy (non-hydrogen) atoms. The van der Waals surface area contributed by atoms with E-state index in [1.165, 1.54) is 12.8 Å². The summed E-state index contributed by atoms with van der Waals surface area (Å²) in [5, 5.41) is 3.20. The molecule has 2 unspecified atom stereocenters. The van der Waals surface area contributed by atoms with Gasteiger partial charge in [-0.05, 0) is 40.3 Å². The number of hydrogen-bond donors (Lipinski definition) is 1. The lowest BCUT2D eigenvalue weighted by Gasteiger charge is -2.41. The van der Waals surface area contributed by atoms with Crippen LogP contribution in [-0.2, 0) is 4.74 Å². The summed E-state index contributed by atoms with van der Waals surface area (Å²) in [6.07, 6.45) is 3.46. The molecule has 0 aliphatic carbocycles. The Kier molecular flexibility index (Phi) is 5.03. The Morgan fingerprint density at radius 1 is 1.53 bits per heavy atom. The van der Waals surface area contributed by atoms with Crippen LogP contribution >= 0.6 is 0 Å². The van der Waals surface area contributed by atoms with E-state index in [0.29, 0.717) is 6.04 Å². The zero-order valence-electron chi connectivity index (χ0n) is 10.7. The molecule has 1 heterocycles. The van der Waals surface area contributed by atoms with Crippen LogP contribution < -0.4 is 5.32 Å². The Balaban J connectivity index is 2.41. The number of ether oxygens (including phenoxy) is 1. The van der Waals surface area contributed by atoms with Gasteiger partial charge in [-0.25, -0.2) is 0 Å². The Morgan fingerprint density at radius 3 is 2.87 bits per heavy atom. The minimum atomic E-state index is 0.108. The minimum Gasteiger partial charge on any atom is -0.375 e. The summed E-state index contributed by atoms with van der Waals surface area (Å²) < 4.78 is 5.86. The van der Waals surface area contributed by atoms with E-state index in [1.54, 1.807) is 0 Å². The van der Waals surface area contributed by atoms with Crippen LogP contribution in [0.15, 0.2) is 0 Å². The Morgan fingerprint density at radius 2 is 2.27 bits per heavy atom. The van der Waals surface area contributed by atoms with Gasteiger partial charge in [0.25, 0.3) is 0 Å². The smallest absolute Gasteiger partial charge is 0.0666 e. The van der Waals surface area contributed by atoms with Crippen LogP contribution in [0.5, 0.6) is 0 Å². The Labute approximate surface area is 94.2 Å². The third-order valence-electron chi connectivity index (χ3n) is 3.65. The second kappa shape index (κ2) is 5.83. The largest absolute Gasteiger partial charge is 0.375 e.